The summed E-state index contributed by atoms with van der Waals surface area (Å²) in [5.74, 6) is 2.16. The van der Waals surface area contributed by atoms with Crippen molar-refractivity contribution in [1.82, 2.24) is 10.2 Å². The van der Waals surface area contributed by atoms with E-state index in [-0.39, 0.29) is 5.92 Å². The highest BCUT2D eigenvalue weighted by Crippen LogP contribution is 2.27. The van der Waals surface area contributed by atoms with Crippen molar-refractivity contribution in [1.29, 1.82) is 0 Å². The van der Waals surface area contributed by atoms with Crippen molar-refractivity contribution in [3.63, 3.8) is 0 Å². The van der Waals surface area contributed by atoms with Gasteiger partial charge in [0.1, 0.15) is 0 Å². The molecule has 16 heavy (non-hydrogen) atoms. The van der Waals surface area contributed by atoms with Crippen LogP contribution in [0.15, 0.2) is 0 Å². The summed E-state index contributed by atoms with van der Waals surface area (Å²) in [7, 11) is 0. The van der Waals surface area contributed by atoms with Crippen LogP contribution in [0.2, 0.25) is 0 Å². The van der Waals surface area contributed by atoms with Crippen molar-refractivity contribution in [2.45, 2.75) is 32.1 Å². The molecule has 1 N–H and O–H groups in total. The number of hydrogen-bond donors (Lipinski definition) is 1. The number of amides is 1. The zero-order valence-electron chi connectivity index (χ0n) is 10.4. The summed E-state index contributed by atoms with van der Waals surface area (Å²) in [5, 5.41) is 3.89. The van der Waals surface area contributed by atoms with Crippen molar-refractivity contribution in [3.05, 3.63) is 0 Å². The average Bonchev–Trinajstić information content (AvgIpc) is 2.68. The molecule has 0 radical (unpaired) electrons. The molecule has 1 amide bonds. The van der Waals surface area contributed by atoms with E-state index >= 15 is 0 Å². The topological polar surface area (TPSA) is 32.3 Å². The van der Waals surface area contributed by atoms with Crippen LogP contribution in [0.25, 0.3) is 0 Å². The molecule has 4 atom stereocenters. The third kappa shape index (κ3) is 2.23. The van der Waals surface area contributed by atoms with Gasteiger partial charge in [0.25, 0.3) is 0 Å². The number of carbonyl (C=O) groups excluding carboxylic acids is 1. The molecule has 0 spiro atoms. The molecule has 2 aliphatic rings. The van der Waals surface area contributed by atoms with Crippen molar-refractivity contribution in [3.8, 4) is 0 Å². The van der Waals surface area contributed by atoms with E-state index in [0.717, 1.165) is 25.4 Å². The van der Waals surface area contributed by atoms with Crippen molar-refractivity contribution < 1.29 is 4.79 Å². The van der Waals surface area contributed by atoms with Gasteiger partial charge < -0.3 is 10.2 Å². The summed E-state index contributed by atoms with van der Waals surface area (Å²) in [6, 6.07) is 0.388. The fourth-order valence-electron chi connectivity index (χ4n) is 2.60. The Labute approximate surface area is 102 Å². The van der Waals surface area contributed by atoms with Gasteiger partial charge in [0.2, 0.25) is 5.91 Å². The Morgan fingerprint density at radius 1 is 1.31 bits per heavy atom. The van der Waals surface area contributed by atoms with Crippen LogP contribution >= 0.6 is 11.8 Å². The second-order valence-electron chi connectivity index (χ2n) is 5.09. The van der Waals surface area contributed by atoms with E-state index in [4.69, 9.17) is 0 Å². The van der Waals surface area contributed by atoms with Gasteiger partial charge in [-0.15, -0.1) is 0 Å². The Balaban J connectivity index is 2.03. The van der Waals surface area contributed by atoms with Gasteiger partial charge in [-0.2, -0.15) is 11.8 Å². The molecular formula is C12H22N2OS. The molecule has 2 heterocycles. The first-order chi connectivity index (χ1) is 7.61. The average molecular weight is 242 g/mol. The summed E-state index contributed by atoms with van der Waals surface area (Å²) in [6.45, 7) is 9.37. The lowest BCUT2D eigenvalue weighted by molar-refractivity contribution is -0.137. The summed E-state index contributed by atoms with van der Waals surface area (Å²) in [6.07, 6.45) is 0. The molecule has 0 aromatic rings. The van der Waals surface area contributed by atoms with E-state index in [0.29, 0.717) is 23.1 Å². The number of carbonyl (C=O) groups is 1. The zero-order valence-corrected chi connectivity index (χ0v) is 11.2. The maximum absolute atomic E-state index is 12.4. The number of hydrogen-bond acceptors (Lipinski definition) is 3. The minimum Gasteiger partial charge on any atom is -0.338 e. The quantitative estimate of drug-likeness (QED) is 0.750. The molecule has 2 saturated heterocycles. The minimum absolute atomic E-state index is 0.206. The van der Waals surface area contributed by atoms with Gasteiger partial charge in [0.05, 0.1) is 5.92 Å². The number of thioether (sulfide) groups is 1. The fraction of sp³-hybridized carbons (Fsp3) is 0.917. The molecule has 2 rings (SSSR count). The van der Waals surface area contributed by atoms with Crippen molar-refractivity contribution in [2.75, 3.05) is 25.4 Å². The molecular weight excluding hydrogens is 220 g/mol. The fourth-order valence-corrected chi connectivity index (χ4v) is 3.70. The lowest BCUT2D eigenvalue weighted by Crippen LogP contribution is -2.51. The third-order valence-electron chi connectivity index (χ3n) is 4.00. The molecule has 92 valence electrons. The number of nitrogens with one attached hydrogen (secondary N) is 1. The first-order valence-electron chi connectivity index (χ1n) is 6.24. The van der Waals surface area contributed by atoms with Gasteiger partial charge in [0.15, 0.2) is 0 Å². The normalized spacial score (nSPS) is 40.1. The Kier molecular flexibility index (Phi) is 3.80. The molecule has 0 aromatic heterocycles. The molecule has 2 aliphatic heterocycles. The molecule has 0 saturated carbocycles. The SMILES string of the molecule is CC1SCCN(C(=O)[C@@H]2CNC[C@H]2C)C1C. The van der Waals surface area contributed by atoms with Crippen LogP contribution in [0.4, 0.5) is 0 Å². The first-order valence-corrected chi connectivity index (χ1v) is 7.29. The minimum atomic E-state index is 0.206. The summed E-state index contributed by atoms with van der Waals surface area (Å²) >= 11 is 1.98. The lowest BCUT2D eigenvalue weighted by atomic mass is 9.95. The van der Waals surface area contributed by atoms with Crippen LogP contribution in [-0.4, -0.2) is 47.5 Å². The van der Waals surface area contributed by atoms with Gasteiger partial charge in [0, 0.05) is 30.1 Å². The van der Waals surface area contributed by atoms with E-state index in [2.05, 4.69) is 31.0 Å². The molecule has 3 nitrogen and oxygen atoms in total. The summed E-state index contributed by atoms with van der Waals surface area (Å²) in [4.78, 5) is 14.5. The second-order valence-corrected chi connectivity index (χ2v) is 6.58. The molecule has 2 unspecified atom stereocenters. The predicted molar refractivity (Wildman–Crippen MR) is 68.6 cm³/mol. The van der Waals surface area contributed by atoms with E-state index in [1.807, 2.05) is 11.8 Å². The van der Waals surface area contributed by atoms with Gasteiger partial charge in [-0.05, 0) is 19.4 Å². The summed E-state index contributed by atoms with van der Waals surface area (Å²) in [5.41, 5.74) is 0. The van der Waals surface area contributed by atoms with Crippen molar-refractivity contribution in [2.24, 2.45) is 11.8 Å². The molecule has 0 aromatic carbocycles. The van der Waals surface area contributed by atoms with Crippen LogP contribution in [0.5, 0.6) is 0 Å². The monoisotopic (exact) mass is 242 g/mol. The van der Waals surface area contributed by atoms with Crippen LogP contribution in [0, 0.1) is 11.8 Å². The summed E-state index contributed by atoms with van der Waals surface area (Å²) < 4.78 is 0. The van der Waals surface area contributed by atoms with Gasteiger partial charge >= 0.3 is 0 Å². The smallest absolute Gasteiger partial charge is 0.227 e. The number of nitrogens with zero attached hydrogens (tertiary/aromatic N) is 1. The Bertz CT molecular complexity index is 272. The third-order valence-corrected chi connectivity index (χ3v) is 5.34. The van der Waals surface area contributed by atoms with Gasteiger partial charge in [-0.3, -0.25) is 4.79 Å². The van der Waals surface area contributed by atoms with E-state index in [9.17, 15) is 4.79 Å². The number of rotatable bonds is 1. The highest BCUT2D eigenvalue weighted by atomic mass is 32.2. The molecule has 4 heteroatoms. The maximum Gasteiger partial charge on any atom is 0.227 e. The Hall–Kier alpha value is -0.220. The van der Waals surface area contributed by atoms with Crippen LogP contribution < -0.4 is 5.32 Å². The molecule has 0 aliphatic carbocycles. The van der Waals surface area contributed by atoms with E-state index in [1.54, 1.807) is 0 Å². The van der Waals surface area contributed by atoms with Gasteiger partial charge in [-0.25, -0.2) is 0 Å². The highest BCUT2D eigenvalue weighted by molar-refractivity contribution is 8.00. The Morgan fingerprint density at radius 2 is 2.06 bits per heavy atom. The second kappa shape index (κ2) is 4.96. The van der Waals surface area contributed by atoms with Crippen LogP contribution in [0.3, 0.4) is 0 Å². The zero-order chi connectivity index (χ0) is 11.7. The molecule has 0 bridgehead atoms. The van der Waals surface area contributed by atoms with Gasteiger partial charge in [-0.1, -0.05) is 13.8 Å². The predicted octanol–water partition coefficient (Wildman–Crippen LogP) is 1.19. The van der Waals surface area contributed by atoms with Crippen molar-refractivity contribution >= 4 is 17.7 Å². The van der Waals surface area contributed by atoms with E-state index in [1.165, 1.54) is 0 Å². The highest BCUT2D eigenvalue weighted by Gasteiger charge is 2.37. The first kappa shape index (κ1) is 12.2. The lowest BCUT2D eigenvalue weighted by Gasteiger charge is -2.39. The molecule has 2 fully saturated rings. The van der Waals surface area contributed by atoms with Crippen LogP contribution in [0.1, 0.15) is 20.8 Å². The standard InChI is InChI=1S/C12H22N2OS/c1-8-6-13-7-11(8)12(15)14-4-5-16-10(3)9(14)2/h8-11,13H,4-7H2,1-3H3/t8-,9?,10?,11-/m1/s1. The Morgan fingerprint density at radius 3 is 2.69 bits per heavy atom. The van der Waals surface area contributed by atoms with E-state index < -0.39 is 0 Å². The largest absolute Gasteiger partial charge is 0.338 e. The van der Waals surface area contributed by atoms with Crippen LogP contribution in [-0.2, 0) is 4.79 Å². The maximum atomic E-state index is 12.4.